The second-order valence-corrected chi connectivity index (χ2v) is 2.94. The lowest BCUT2D eigenvalue weighted by molar-refractivity contribution is 1.12. The normalized spacial score (nSPS) is 10.2. The topological polar surface area (TPSA) is 12.9 Å². The van der Waals surface area contributed by atoms with E-state index in [1.807, 2.05) is 24.3 Å². The molecule has 0 fully saturated rings. The highest BCUT2D eigenvalue weighted by Gasteiger charge is 1.95. The number of nitrogens with zero attached hydrogens (tertiary/aromatic N) is 1. The first-order valence-electron chi connectivity index (χ1n) is 4.27. The van der Waals surface area contributed by atoms with Crippen LogP contribution < -0.4 is 0 Å². The lowest BCUT2D eigenvalue weighted by Crippen LogP contribution is -1.86. The largest absolute Gasteiger partial charge is 0.250 e. The molecule has 0 aliphatic heterocycles. The number of rotatable bonds is 2. The molecule has 1 heteroatoms. The monoisotopic (exact) mass is 168 g/mol. The van der Waals surface area contributed by atoms with Gasteiger partial charge in [-0.25, -0.2) is 0 Å². The van der Waals surface area contributed by atoms with Crippen LogP contribution in [-0.2, 0) is 6.42 Å². The minimum Gasteiger partial charge on any atom is -0.250 e. The number of hydrogen-bond donors (Lipinski definition) is 0. The Morgan fingerprint density at radius 1 is 1.38 bits per heavy atom. The average molecular weight is 168 g/mol. The molecule has 0 saturated heterocycles. The Labute approximate surface area is 77.7 Å². The van der Waals surface area contributed by atoms with Crippen LogP contribution in [0, 0.1) is 6.20 Å². The van der Waals surface area contributed by atoms with Crippen molar-refractivity contribution in [2.45, 2.75) is 6.42 Å². The minimum atomic E-state index is 0.807. The van der Waals surface area contributed by atoms with Gasteiger partial charge in [0.1, 0.15) is 0 Å². The van der Waals surface area contributed by atoms with Crippen LogP contribution in [-0.4, -0.2) is 4.98 Å². The van der Waals surface area contributed by atoms with E-state index in [1.165, 1.54) is 5.39 Å². The molecule has 13 heavy (non-hydrogen) atoms. The molecule has 1 heterocycles. The standard InChI is InChI=1S/C12H10N/c1-2-5-12-8-10-6-3-4-7-11(10)9-13-12/h2-4,6-8H,1,5H2. The molecule has 0 N–H and O–H groups in total. The molecule has 0 aliphatic rings. The predicted octanol–water partition coefficient (Wildman–Crippen LogP) is 2.76. The van der Waals surface area contributed by atoms with E-state index in [0.717, 1.165) is 17.5 Å². The van der Waals surface area contributed by atoms with Crippen molar-refractivity contribution < 1.29 is 0 Å². The molecule has 1 aromatic carbocycles. The van der Waals surface area contributed by atoms with Crippen molar-refractivity contribution in [2.75, 3.05) is 0 Å². The summed E-state index contributed by atoms with van der Waals surface area (Å²) in [6.07, 6.45) is 5.67. The van der Waals surface area contributed by atoms with Gasteiger partial charge in [-0.2, -0.15) is 0 Å². The number of fused-ring (bicyclic) bond motifs is 1. The van der Waals surface area contributed by atoms with E-state index in [9.17, 15) is 0 Å². The molecule has 1 radical (unpaired) electrons. The maximum absolute atomic E-state index is 4.20. The summed E-state index contributed by atoms with van der Waals surface area (Å²) in [6.45, 7) is 3.68. The van der Waals surface area contributed by atoms with Crippen molar-refractivity contribution in [1.29, 1.82) is 0 Å². The smallest absolute Gasteiger partial charge is 0.0974 e. The van der Waals surface area contributed by atoms with Gasteiger partial charge in [0.15, 0.2) is 0 Å². The molecule has 0 amide bonds. The number of allylic oxidation sites excluding steroid dienone is 1. The SMILES string of the molecule is C=CCc1cc2ccccc2[c]n1. The second-order valence-electron chi connectivity index (χ2n) is 2.94. The Hall–Kier alpha value is -1.63. The van der Waals surface area contributed by atoms with Crippen LogP contribution in [0.25, 0.3) is 10.8 Å². The molecule has 1 aromatic heterocycles. The molecule has 2 aromatic rings. The maximum Gasteiger partial charge on any atom is 0.0974 e. The fourth-order valence-electron chi connectivity index (χ4n) is 1.32. The van der Waals surface area contributed by atoms with Gasteiger partial charge in [0.25, 0.3) is 0 Å². The van der Waals surface area contributed by atoms with Crippen LogP contribution in [0.4, 0.5) is 0 Å². The van der Waals surface area contributed by atoms with Gasteiger partial charge in [-0.05, 0) is 11.5 Å². The quantitative estimate of drug-likeness (QED) is 0.628. The van der Waals surface area contributed by atoms with Crippen molar-refractivity contribution in [1.82, 2.24) is 4.98 Å². The Morgan fingerprint density at radius 3 is 3.08 bits per heavy atom. The molecular weight excluding hydrogens is 158 g/mol. The summed E-state index contributed by atoms with van der Waals surface area (Å²) >= 11 is 0. The lowest BCUT2D eigenvalue weighted by Gasteiger charge is -1.98. The minimum absolute atomic E-state index is 0.807. The molecular formula is C12H10N. The molecule has 0 spiro atoms. The third-order valence-electron chi connectivity index (χ3n) is 1.96. The summed E-state index contributed by atoms with van der Waals surface area (Å²) in [4.78, 5) is 4.20. The molecule has 0 saturated carbocycles. The predicted molar refractivity (Wildman–Crippen MR) is 54.5 cm³/mol. The lowest BCUT2D eigenvalue weighted by atomic mass is 10.1. The first-order valence-corrected chi connectivity index (χ1v) is 4.27. The van der Waals surface area contributed by atoms with Crippen molar-refractivity contribution in [3.05, 3.63) is 54.9 Å². The fourth-order valence-corrected chi connectivity index (χ4v) is 1.32. The second kappa shape index (κ2) is 3.40. The summed E-state index contributed by atoms with van der Waals surface area (Å²) in [5.41, 5.74) is 1.02. The van der Waals surface area contributed by atoms with E-state index in [1.54, 1.807) is 0 Å². The summed E-state index contributed by atoms with van der Waals surface area (Å²) in [6, 6.07) is 10.2. The van der Waals surface area contributed by atoms with Crippen LogP contribution in [0.3, 0.4) is 0 Å². The van der Waals surface area contributed by atoms with E-state index in [4.69, 9.17) is 0 Å². The van der Waals surface area contributed by atoms with Crippen molar-refractivity contribution in [3.8, 4) is 0 Å². The Morgan fingerprint density at radius 2 is 2.23 bits per heavy atom. The highest BCUT2D eigenvalue weighted by Crippen LogP contribution is 2.12. The summed E-state index contributed by atoms with van der Waals surface area (Å²) < 4.78 is 0. The number of hydrogen-bond acceptors (Lipinski definition) is 1. The van der Waals surface area contributed by atoms with Crippen molar-refractivity contribution >= 4 is 10.8 Å². The van der Waals surface area contributed by atoms with Gasteiger partial charge in [0, 0.05) is 17.5 Å². The zero-order valence-corrected chi connectivity index (χ0v) is 7.33. The first-order chi connectivity index (χ1) is 6.40. The van der Waals surface area contributed by atoms with Crippen molar-refractivity contribution in [2.24, 2.45) is 0 Å². The highest BCUT2D eigenvalue weighted by molar-refractivity contribution is 5.81. The van der Waals surface area contributed by atoms with Crippen LogP contribution in [0.15, 0.2) is 43.0 Å². The summed E-state index contributed by atoms with van der Waals surface area (Å²) in [5.74, 6) is 0. The van der Waals surface area contributed by atoms with Crippen molar-refractivity contribution in [3.63, 3.8) is 0 Å². The summed E-state index contributed by atoms with van der Waals surface area (Å²) in [7, 11) is 0. The van der Waals surface area contributed by atoms with E-state index >= 15 is 0 Å². The molecule has 0 unspecified atom stereocenters. The van der Waals surface area contributed by atoms with Gasteiger partial charge in [-0.15, -0.1) is 6.58 Å². The third-order valence-corrected chi connectivity index (χ3v) is 1.96. The van der Waals surface area contributed by atoms with Gasteiger partial charge in [0.2, 0.25) is 0 Å². The zero-order valence-electron chi connectivity index (χ0n) is 7.33. The van der Waals surface area contributed by atoms with Crippen LogP contribution >= 0.6 is 0 Å². The van der Waals surface area contributed by atoms with Gasteiger partial charge < -0.3 is 0 Å². The molecule has 0 aliphatic carbocycles. The average Bonchev–Trinajstić information content (AvgIpc) is 2.18. The molecule has 0 bridgehead atoms. The molecule has 63 valence electrons. The van der Waals surface area contributed by atoms with E-state index < -0.39 is 0 Å². The van der Waals surface area contributed by atoms with Gasteiger partial charge in [-0.1, -0.05) is 30.3 Å². The fraction of sp³-hybridized carbons (Fsp3) is 0.0833. The molecule has 1 nitrogen and oxygen atoms in total. The van der Waals surface area contributed by atoms with Gasteiger partial charge in [0.05, 0.1) is 6.20 Å². The zero-order chi connectivity index (χ0) is 9.10. The number of aromatic nitrogens is 1. The van der Waals surface area contributed by atoms with Crippen LogP contribution in [0.5, 0.6) is 0 Å². The number of pyridine rings is 1. The summed E-state index contributed by atoms with van der Waals surface area (Å²) in [5, 5.41) is 2.25. The van der Waals surface area contributed by atoms with E-state index in [0.29, 0.717) is 0 Å². The van der Waals surface area contributed by atoms with Gasteiger partial charge >= 0.3 is 0 Å². The molecule has 0 atom stereocenters. The number of benzene rings is 1. The van der Waals surface area contributed by atoms with E-state index in [2.05, 4.69) is 29.9 Å². The Kier molecular flexibility index (Phi) is 2.09. The first kappa shape index (κ1) is 7.99. The maximum atomic E-state index is 4.20. The Bertz CT molecular complexity index is 432. The highest BCUT2D eigenvalue weighted by atomic mass is 14.7. The third kappa shape index (κ3) is 1.59. The molecule has 2 rings (SSSR count). The van der Waals surface area contributed by atoms with Crippen LogP contribution in [0.2, 0.25) is 0 Å². The van der Waals surface area contributed by atoms with Crippen LogP contribution in [0.1, 0.15) is 5.69 Å². The Balaban J connectivity index is 2.55. The van der Waals surface area contributed by atoms with Gasteiger partial charge in [-0.3, -0.25) is 4.98 Å². The van der Waals surface area contributed by atoms with E-state index in [-0.39, 0.29) is 0 Å².